The molecule has 1 saturated carbocycles. The van der Waals surface area contributed by atoms with Crippen molar-refractivity contribution >= 4 is 18.0 Å². The van der Waals surface area contributed by atoms with Gasteiger partial charge in [0.05, 0.1) is 24.6 Å². The fourth-order valence-corrected chi connectivity index (χ4v) is 4.00. The first kappa shape index (κ1) is 22.5. The number of furan rings is 1. The summed E-state index contributed by atoms with van der Waals surface area (Å²) in [4.78, 5) is 15.0. The van der Waals surface area contributed by atoms with Gasteiger partial charge < -0.3 is 19.7 Å². The van der Waals surface area contributed by atoms with Gasteiger partial charge in [-0.05, 0) is 50.0 Å². The minimum atomic E-state index is -0.728. The SMILES string of the molecule is O=C(CCCCCC[C@@H]1[C@@H](CCC(O)C=Nc2ccco2)[C@H](O)C[C@@H]1O)NO. The van der Waals surface area contributed by atoms with Crippen molar-refractivity contribution in [3.63, 3.8) is 0 Å². The van der Waals surface area contributed by atoms with E-state index < -0.39 is 18.3 Å². The van der Waals surface area contributed by atoms with E-state index in [0.29, 0.717) is 38.0 Å². The van der Waals surface area contributed by atoms with Crippen molar-refractivity contribution in [1.29, 1.82) is 0 Å². The van der Waals surface area contributed by atoms with Gasteiger partial charge in [-0.3, -0.25) is 10.0 Å². The third-order valence-corrected chi connectivity index (χ3v) is 5.51. The lowest BCUT2D eigenvalue weighted by Crippen LogP contribution is -2.24. The number of hydrogen-bond donors (Lipinski definition) is 5. The molecule has 1 aliphatic rings. The van der Waals surface area contributed by atoms with Crippen LogP contribution in [0.3, 0.4) is 0 Å². The summed E-state index contributed by atoms with van der Waals surface area (Å²) in [6.45, 7) is 0. The Morgan fingerprint density at radius 3 is 2.61 bits per heavy atom. The first-order valence-corrected chi connectivity index (χ1v) is 10.1. The van der Waals surface area contributed by atoms with E-state index in [9.17, 15) is 20.1 Å². The minimum Gasteiger partial charge on any atom is -0.447 e. The Morgan fingerprint density at radius 1 is 1.21 bits per heavy atom. The number of aliphatic hydroxyl groups is 3. The second-order valence-corrected chi connectivity index (χ2v) is 7.56. The fraction of sp³-hybridized carbons (Fsp3) is 0.700. The highest BCUT2D eigenvalue weighted by Crippen LogP contribution is 2.39. The van der Waals surface area contributed by atoms with Gasteiger partial charge in [-0.25, -0.2) is 10.5 Å². The van der Waals surface area contributed by atoms with Gasteiger partial charge in [0.2, 0.25) is 11.8 Å². The van der Waals surface area contributed by atoms with Crippen LogP contribution in [0.4, 0.5) is 5.88 Å². The molecule has 0 saturated heterocycles. The van der Waals surface area contributed by atoms with Crippen LogP contribution in [0, 0.1) is 11.8 Å². The summed E-state index contributed by atoms with van der Waals surface area (Å²) in [6.07, 6.45) is 7.17. The van der Waals surface area contributed by atoms with Crippen molar-refractivity contribution in [2.45, 2.75) is 76.1 Å². The monoisotopic (exact) mass is 396 g/mol. The first-order valence-electron chi connectivity index (χ1n) is 10.1. The Labute approximate surface area is 165 Å². The van der Waals surface area contributed by atoms with E-state index in [-0.39, 0.29) is 17.7 Å². The van der Waals surface area contributed by atoms with E-state index in [2.05, 4.69) is 4.99 Å². The summed E-state index contributed by atoms with van der Waals surface area (Å²) < 4.78 is 5.09. The van der Waals surface area contributed by atoms with Crippen LogP contribution in [0.2, 0.25) is 0 Å². The number of nitrogens with zero attached hydrogens (tertiary/aromatic N) is 1. The molecule has 2 rings (SSSR count). The molecule has 1 heterocycles. The average Bonchev–Trinajstić information content (AvgIpc) is 3.29. The van der Waals surface area contributed by atoms with Crippen LogP contribution >= 0.6 is 0 Å². The van der Waals surface area contributed by atoms with Gasteiger partial charge in [0.15, 0.2) is 0 Å². The molecule has 0 aromatic carbocycles. The van der Waals surface area contributed by atoms with Gasteiger partial charge >= 0.3 is 0 Å². The van der Waals surface area contributed by atoms with Crippen LogP contribution in [0.1, 0.15) is 57.8 Å². The maximum atomic E-state index is 11.0. The van der Waals surface area contributed by atoms with Crippen molar-refractivity contribution in [3.05, 3.63) is 18.4 Å². The Kier molecular flexibility index (Phi) is 9.63. The number of hydrogen-bond acceptors (Lipinski definition) is 7. The quantitative estimate of drug-likeness (QED) is 0.159. The second-order valence-electron chi connectivity index (χ2n) is 7.56. The van der Waals surface area contributed by atoms with Gasteiger partial charge in [-0.2, -0.15) is 0 Å². The largest absolute Gasteiger partial charge is 0.447 e. The number of carbonyl (C=O) groups is 1. The zero-order valence-corrected chi connectivity index (χ0v) is 16.1. The molecule has 158 valence electrons. The van der Waals surface area contributed by atoms with Crippen molar-refractivity contribution in [2.24, 2.45) is 16.8 Å². The van der Waals surface area contributed by atoms with E-state index in [1.807, 2.05) is 0 Å². The Balaban J connectivity index is 1.71. The van der Waals surface area contributed by atoms with Crippen LogP contribution in [0.5, 0.6) is 0 Å². The molecular formula is C20H32N2O6. The number of aliphatic imine (C=N–C) groups is 1. The number of amides is 1. The summed E-state index contributed by atoms with van der Waals surface area (Å²) in [5.41, 5.74) is 1.62. The standard InChI is InChI=1S/C20H32N2O6/c23-14(13-21-20-8-5-11-28-20)9-10-16-15(17(24)12-18(16)25)6-3-1-2-4-7-19(26)22-27/h5,8,11,13-18,23-25,27H,1-4,6-7,9-10,12H2,(H,22,26)/t14?,15-,16-,17+,18-/m1/s1. The lowest BCUT2D eigenvalue weighted by atomic mass is 9.85. The summed E-state index contributed by atoms with van der Waals surface area (Å²) >= 11 is 0. The van der Waals surface area contributed by atoms with Crippen molar-refractivity contribution in [3.8, 4) is 0 Å². The topological polar surface area (TPSA) is 136 Å². The number of nitrogens with one attached hydrogen (secondary N) is 1. The molecule has 0 aliphatic heterocycles. The molecule has 0 bridgehead atoms. The molecule has 1 fully saturated rings. The number of carbonyl (C=O) groups excluding carboxylic acids is 1. The molecule has 0 spiro atoms. The lowest BCUT2D eigenvalue weighted by molar-refractivity contribution is -0.129. The predicted octanol–water partition coefficient (Wildman–Crippen LogP) is 2.33. The molecule has 1 aromatic heterocycles. The average molecular weight is 396 g/mol. The van der Waals surface area contributed by atoms with Crippen LogP contribution < -0.4 is 5.48 Å². The van der Waals surface area contributed by atoms with Crippen LogP contribution in [0.25, 0.3) is 0 Å². The molecule has 5 atom stereocenters. The molecule has 1 aliphatic carbocycles. The van der Waals surface area contributed by atoms with Crippen LogP contribution in [-0.2, 0) is 4.79 Å². The summed E-state index contributed by atoms with van der Waals surface area (Å²) in [5, 5.41) is 39.1. The lowest BCUT2D eigenvalue weighted by Gasteiger charge is -2.24. The normalized spacial score (nSPS) is 26.0. The van der Waals surface area contributed by atoms with Crippen molar-refractivity contribution in [1.82, 2.24) is 5.48 Å². The minimum absolute atomic E-state index is 0.0185. The van der Waals surface area contributed by atoms with Gasteiger partial charge in [0.25, 0.3) is 0 Å². The van der Waals surface area contributed by atoms with E-state index in [4.69, 9.17) is 9.62 Å². The van der Waals surface area contributed by atoms with Crippen LogP contribution in [0.15, 0.2) is 27.8 Å². The maximum Gasteiger partial charge on any atom is 0.243 e. The molecule has 8 heteroatoms. The Morgan fingerprint density at radius 2 is 1.93 bits per heavy atom. The fourth-order valence-electron chi connectivity index (χ4n) is 4.00. The summed E-state index contributed by atoms with van der Waals surface area (Å²) in [7, 11) is 0. The van der Waals surface area contributed by atoms with Gasteiger partial charge in [-0.15, -0.1) is 0 Å². The number of rotatable bonds is 12. The third-order valence-electron chi connectivity index (χ3n) is 5.51. The van der Waals surface area contributed by atoms with Crippen molar-refractivity contribution in [2.75, 3.05) is 0 Å². The molecule has 1 aromatic rings. The summed E-state index contributed by atoms with van der Waals surface area (Å²) in [5.74, 6) is 0.0417. The Bertz CT molecular complexity index is 592. The molecule has 28 heavy (non-hydrogen) atoms. The smallest absolute Gasteiger partial charge is 0.243 e. The highest BCUT2D eigenvalue weighted by molar-refractivity contribution is 5.74. The van der Waals surface area contributed by atoms with Crippen molar-refractivity contribution < 1.29 is 29.7 Å². The molecular weight excluding hydrogens is 364 g/mol. The van der Waals surface area contributed by atoms with Crippen LogP contribution in [-0.4, -0.2) is 51.0 Å². The molecule has 5 N–H and O–H groups in total. The zero-order chi connectivity index (χ0) is 20.4. The van der Waals surface area contributed by atoms with E-state index in [1.165, 1.54) is 12.5 Å². The predicted molar refractivity (Wildman–Crippen MR) is 103 cm³/mol. The number of aliphatic hydroxyl groups excluding tert-OH is 3. The number of unbranched alkanes of at least 4 members (excludes halogenated alkanes) is 3. The second kappa shape index (κ2) is 12.0. The highest BCUT2D eigenvalue weighted by Gasteiger charge is 2.40. The molecule has 1 amide bonds. The van der Waals surface area contributed by atoms with Gasteiger partial charge in [-0.1, -0.05) is 19.3 Å². The Hall–Kier alpha value is -1.74. The van der Waals surface area contributed by atoms with E-state index >= 15 is 0 Å². The third kappa shape index (κ3) is 7.35. The van der Waals surface area contributed by atoms with E-state index in [1.54, 1.807) is 17.6 Å². The summed E-state index contributed by atoms with van der Waals surface area (Å²) in [6, 6.07) is 3.42. The molecule has 1 unspecified atom stereocenters. The molecule has 8 nitrogen and oxygen atoms in total. The first-order chi connectivity index (χ1) is 13.5. The van der Waals surface area contributed by atoms with E-state index in [0.717, 1.165) is 25.7 Å². The zero-order valence-electron chi connectivity index (χ0n) is 16.1. The van der Waals surface area contributed by atoms with Gasteiger partial charge in [0, 0.05) is 18.7 Å². The van der Waals surface area contributed by atoms with Gasteiger partial charge in [0.1, 0.15) is 0 Å². The molecule has 0 radical (unpaired) electrons. The number of hydroxylamine groups is 1. The maximum absolute atomic E-state index is 11.0. The highest BCUT2D eigenvalue weighted by atomic mass is 16.5.